The quantitative estimate of drug-likeness (QED) is 0.504. The van der Waals surface area contributed by atoms with E-state index >= 15 is 0 Å². The van der Waals surface area contributed by atoms with Gasteiger partial charge in [-0.2, -0.15) is 8.42 Å². The van der Waals surface area contributed by atoms with Crippen molar-refractivity contribution >= 4 is 47.2 Å². The highest BCUT2D eigenvalue weighted by atomic mass is 36.0. The minimum atomic E-state index is -3.72. The number of rotatable bonds is 0. The molecule has 0 aromatic carbocycles. The van der Waals surface area contributed by atoms with Gasteiger partial charge in [-0.3, -0.25) is 0 Å². The molecule has 78 valence electrons. The highest BCUT2D eigenvalue weighted by molar-refractivity contribution is 8.31. The molecule has 0 fully saturated rings. The van der Waals surface area contributed by atoms with Crippen molar-refractivity contribution in [1.82, 2.24) is 0 Å². The van der Waals surface area contributed by atoms with Gasteiger partial charge >= 0.3 is 8.26 Å². The standard InChI is InChI=1S/C7H5ClO.Cl2O2S/c8-7-3-1-2-6(4-7)5-9;1-5(2,3)4/h1-3H,4H2;. The fourth-order valence-electron chi connectivity index (χ4n) is 0.639. The van der Waals surface area contributed by atoms with Crippen LogP contribution in [0.2, 0.25) is 0 Å². The molecule has 0 aromatic rings. The van der Waals surface area contributed by atoms with Gasteiger partial charge in [0.2, 0.25) is 0 Å². The van der Waals surface area contributed by atoms with E-state index < -0.39 is 8.26 Å². The van der Waals surface area contributed by atoms with Crippen LogP contribution in [0.15, 0.2) is 28.8 Å². The summed E-state index contributed by atoms with van der Waals surface area (Å²) in [6.45, 7) is 0. The maximum Gasteiger partial charge on any atom is 0.317 e. The van der Waals surface area contributed by atoms with Crippen LogP contribution in [0.3, 0.4) is 0 Å². The smallest absolute Gasteiger partial charge is 0.233 e. The summed E-state index contributed by atoms with van der Waals surface area (Å²) >= 11 is 5.60. The molecular weight excluding hydrogens is 270 g/mol. The first-order valence-corrected chi connectivity index (χ1v) is 6.75. The lowest BCUT2D eigenvalue weighted by molar-refractivity contribution is 0.567. The van der Waals surface area contributed by atoms with E-state index in [2.05, 4.69) is 21.4 Å². The van der Waals surface area contributed by atoms with E-state index in [0.717, 1.165) is 0 Å². The van der Waals surface area contributed by atoms with E-state index in [1.807, 2.05) is 0 Å². The highest BCUT2D eigenvalue weighted by Crippen LogP contribution is 2.17. The molecular formula is C7H5Cl3O3S. The number of carbonyl (C=O) groups excluding carboxylic acids is 1. The van der Waals surface area contributed by atoms with Gasteiger partial charge in [-0.25, -0.2) is 4.79 Å². The Kier molecular flexibility index (Phi) is 6.16. The van der Waals surface area contributed by atoms with Crippen LogP contribution in [0.25, 0.3) is 0 Å². The number of allylic oxidation sites excluding steroid dienone is 5. The van der Waals surface area contributed by atoms with Gasteiger partial charge in [-0.1, -0.05) is 17.7 Å². The first-order chi connectivity index (χ1) is 6.33. The summed E-state index contributed by atoms with van der Waals surface area (Å²) in [4.78, 5) is 10.0. The Morgan fingerprint density at radius 1 is 1.36 bits per heavy atom. The molecule has 0 radical (unpaired) electrons. The molecule has 0 bridgehead atoms. The summed E-state index contributed by atoms with van der Waals surface area (Å²) in [6, 6.07) is 0. The first kappa shape index (κ1) is 13.8. The molecule has 1 aliphatic rings. The molecule has 0 atom stereocenters. The fraction of sp³-hybridized carbons (Fsp3) is 0.143. The van der Waals surface area contributed by atoms with Gasteiger partial charge in [0.1, 0.15) is 5.94 Å². The lowest BCUT2D eigenvalue weighted by Gasteiger charge is -1.98. The maximum atomic E-state index is 10.0. The molecule has 0 saturated heterocycles. The van der Waals surface area contributed by atoms with Crippen LogP contribution in [0.5, 0.6) is 0 Å². The summed E-state index contributed by atoms with van der Waals surface area (Å²) < 4.78 is 18.3. The first-order valence-electron chi connectivity index (χ1n) is 3.24. The Labute approximate surface area is 95.6 Å². The minimum absolute atomic E-state index is 0.529. The van der Waals surface area contributed by atoms with Crippen molar-refractivity contribution in [3.05, 3.63) is 28.8 Å². The lowest BCUT2D eigenvalue weighted by Crippen LogP contribution is -1.84. The zero-order valence-electron chi connectivity index (χ0n) is 6.71. The molecule has 0 spiro atoms. The van der Waals surface area contributed by atoms with Crippen LogP contribution in [0.1, 0.15) is 6.42 Å². The Morgan fingerprint density at radius 2 is 1.86 bits per heavy atom. The fourth-order valence-corrected chi connectivity index (χ4v) is 0.855. The van der Waals surface area contributed by atoms with E-state index in [-0.39, 0.29) is 0 Å². The summed E-state index contributed by atoms with van der Waals surface area (Å²) in [5.74, 6) is 1.79. The molecule has 1 rings (SSSR count). The van der Waals surface area contributed by atoms with Crippen LogP contribution in [0.4, 0.5) is 0 Å². The van der Waals surface area contributed by atoms with Crippen LogP contribution < -0.4 is 0 Å². The third kappa shape index (κ3) is 9.84. The molecule has 7 heteroatoms. The van der Waals surface area contributed by atoms with Crippen LogP contribution in [0, 0.1) is 0 Å². The second kappa shape index (κ2) is 6.27. The minimum Gasteiger partial charge on any atom is -0.233 e. The predicted octanol–water partition coefficient (Wildman–Crippen LogP) is 2.54. The molecule has 1 aliphatic carbocycles. The third-order valence-corrected chi connectivity index (χ3v) is 1.32. The van der Waals surface area contributed by atoms with E-state index in [1.165, 1.54) is 0 Å². The zero-order valence-corrected chi connectivity index (χ0v) is 9.79. The molecule has 0 unspecified atom stereocenters. The lowest BCUT2D eigenvalue weighted by atomic mass is 10.1. The van der Waals surface area contributed by atoms with E-state index in [1.54, 1.807) is 24.2 Å². The Hall–Kier alpha value is -0.250. The van der Waals surface area contributed by atoms with Crippen molar-refractivity contribution in [3.63, 3.8) is 0 Å². The van der Waals surface area contributed by atoms with Gasteiger partial charge in [0, 0.05) is 38.4 Å². The van der Waals surface area contributed by atoms with Crippen molar-refractivity contribution in [3.8, 4) is 0 Å². The van der Waals surface area contributed by atoms with Gasteiger partial charge in [-0.15, -0.1) is 0 Å². The molecule has 0 heterocycles. The van der Waals surface area contributed by atoms with Gasteiger partial charge in [-0.05, 0) is 12.2 Å². The topological polar surface area (TPSA) is 51.2 Å². The third-order valence-electron chi connectivity index (χ3n) is 1.06. The Bertz CT molecular complexity index is 394. The van der Waals surface area contributed by atoms with Gasteiger partial charge in [0.05, 0.1) is 0 Å². The monoisotopic (exact) mass is 274 g/mol. The Morgan fingerprint density at radius 3 is 2.14 bits per heavy atom. The molecule has 0 saturated carbocycles. The average Bonchev–Trinajstić information content (AvgIpc) is 2.01. The van der Waals surface area contributed by atoms with Gasteiger partial charge in [0.25, 0.3) is 0 Å². The second-order valence-electron chi connectivity index (χ2n) is 2.16. The maximum absolute atomic E-state index is 10.0. The van der Waals surface area contributed by atoms with Crippen molar-refractivity contribution < 1.29 is 13.2 Å². The zero-order chi connectivity index (χ0) is 11.2. The van der Waals surface area contributed by atoms with E-state index in [4.69, 9.17) is 20.0 Å². The summed E-state index contributed by atoms with van der Waals surface area (Å²) in [5, 5.41) is 0.691. The van der Waals surface area contributed by atoms with Crippen molar-refractivity contribution in [2.24, 2.45) is 0 Å². The van der Waals surface area contributed by atoms with Crippen molar-refractivity contribution in [2.45, 2.75) is 6.42 Å². The number of hydrogen-bond donors (Lipinski definition) is 0. The van der Waals surface area contributed by atoms with E-state index in [9.17, 15) is 4.79 Å². The van der Waals surface area contributed by atoms with Crippen LogP contribution in [-0.2, 0) is 13.1 Å². The molecule has 0 amide bonds. The predicted molar refractivity (Wildman–Crippen MR) is 57.5 cm³/mol. The molecule has 0 aliphatic heterocycles. The van der Waals surface area contributed by atoms with Crippen LogP contribution in [-0.4, -0.2) is 14.4 Å². The average molecular weight is 276 g/mol. The van der Waals surface area contributed by atoms with Gasteiger partial charge in [0.15, 0.2) is 0 Å². The number of hydrogen-bond acceptors (Lipinski definition) is 3. The SMILES string of the molecule is O=C=C1C=CC=C(Cl)C1.O=S(=O)(Cl)Cl. The second-order valence-corrected chi connectivity index (χ2v) is 6.31. The molecule has 0 aromatic heterocycles. The highest BCUT2D eigenvalue weighted by Gasteiger charge is 2.00. The summed E-state index contributed by atoms with van der Waals surface area (Å²) in [5.41, 5.74) is 0.613. The molecule has 14 heavy (non-hydrogen) atoms. The van der Waals surface area contributed by atoms with Crippen LogP contribution >= 0.6 is 33.0 Å². The Balaban J connectivity index is 0.000000292. The summed E-state index contributed by atoms with van der Waals surface area (Å²) in [6.07, 6.45) is 5.74. The molecule has 3 nitrogen and oxygen atoms in total. The summed E-state index contributed by atoms with van der Waals surface area (Å²) in [7, 11) is 4.81. The normalized spacial score (nSPS) is 15.1. The van der Waals surface area contributed by atoms with Crippen molar-refractivity contribution in [2.75, 3.05) is 0 Å². The largest absolute Gasteiger partial charge is 0.317 e. The van der Waals surface area contributed by atoms with Gasteiger partial charge < -0.3 is 0 Å². The van der Waals surface area contributed by atoms with Crippen molar-refractivity contribution in [1.29, 1.82) is 0 Å². The molecule has 0 N–H and O–H groups in total. The number of halogens is 3. The van der Waals surface area contributed by atoms with E-state index in [0.29, 0.717) is 17.0 Å².